The van der Waals surface area contributed by atoms with Crippen molar-refractivity contribution in [2.24, 2.45) is 0 Å². The number of amides is 1. The molecule has 0 aliphatic heterocycles. The zero-order valence-electron chi connectivity index (χ0n) is 17.9. The van der Waals surface area contributed by atoms with E-state index in [2.05, 4.69) is 5.32 Å². The normalized spacial score (nSPS) is 12.0. The first-order valence-corrected chi connectivity index (χ1v) is 10.9. The van der Waals surface area contributed by atoms with E-state index in [1.165, 1.54) is 6.07 Å². The first-order valence-electron chi connectivity index (χ1n) is 10.9. The number of halogens is 1. The maximum atomic E-state index is 13.7. The molecule has 33 heavy (non-hydrogen) atoms. The van der Waals surface area contributed by atoms with Gasteiger partial charge in [-0.15, -0.1) is 0 Å². The van der Waals surface area contributed by atoms with Gasteiger partial charge in [0.2, 0.25) is 5.91 Å². The first-order chi connectivity index (χ1) is 16.0. The summed E-state index contributed by atoms with van der Waals surface area (Å²) >= 11 is 0. The van der Waals surface area contributed by atoms with Crippen LogP contribution < -0.4 is 5.32 Å². The Labute approximate surface area is 191 Å². The molecule has 0 saturated heterocycles. The largest absolute Gasteiger partial charge is 0.508 e. The average Bonchev–Trinajstić information content (AvgIpc) is 2.81. The maximum Gasteiger partial charge on any atom is 0.229 e. The molecule has 5 nitrogen and oxygen atoms in total. The third-order valence-corrected chi connectivity index (χ3v) is 5.77. The fraction of sp³-hybridized carbons (Fsp3) is 0.148. The van der Waals surface area contributed by atoms with Gasteiger partial charge < -0.3 is 10.4 Å². The van der Waals surface area contributed by atoms with Crippen LogP contribution in [0.3, 0.4) is 0 Å². The number of rotatable bonds is 5. The number of carbonyl (C=O) groups is 1. The van der Waals surface area contributed by atoms with Gasteiger partial charge in [-0.25, -0.2) is 14.4 Å². The Bertz CT molecular complexity index is 1320. The van der Waals surface area contributed by atoms with Gasteiger partial charge in [-0.3, -0.25) is 4.79 Å². The van der Waals surface area contributed by atoms with E-state index in [4.69, 9.17) is 9.97 Å². The Morgan fingerprint density at radius 3 is 2.52 bits per heavy atom. The number of nitrogens with zero attached hydrogens (tertiary/aromatic N) is 2. The highest BCUT2D eigenvalue weighted by molar-refractivity contribution is 5.92. The number of phenols is 1. The number of fused-ring (bicyclic) bond motifs is 3. The van der Waals surface area contributed by atoms with E-state index < -0.39 is 0 Å². The van der Waals surface area contributed by atoms with Gasteiger partial charge in [0.25, 0.3) is 0 Å². The highest BCUT2D eigenvalue weighted by Crippen LogP contribution is 2.33. The molecule has 1 aromatic heterocycles. The summed E-state index contributed by atoms with van der Waals surface area (Å²) in [5.41, 5.74) is 5.86. The quantitative estimate of drug-likeness (QED) is 0.466. The van der Waals surface area contributed by atoms with Crippen molar-refractivity contribution in [3.63, 3.8) is 0 Å². The van der Waals surface area contributed by atoms with E-state index in [1.807, 2.05) is 30.3 Å². The van der Waals surface area contributed by atoms with Gasteiger partial charge >= 0.3 is 0 Å². The van der Waals surface area contributed by atoms with Crippen LogP contribution in [-0.4, -0.2) is 21.0 Å². The van der Waals surface area contributed by atoms with Crippen molar-refractivity contribution in [2.45, 2.75) is 25.7 Å². The summed E-state index contributed by atoms with van der Waals surface area (Å²) in [5.74, 6) is 0.146. The highest BCUT2D eigenvalue weighted by atomic mass is 19.1. The van der Waals surface area contributed by atoms with Crippen LogP contribution in [0.1, 0.15) is 28.1 Å². The Kier molecular flexibility index (Phi) is 5.57. The van der Waals surface area contributed by atoms with Crippen molar-refractivity contribution in [1.82, 2.24) is 9.97 Å². The van der Waals surface area contributed by atoms with Crippen molar-refractivity contribution < 1.29 is 14.3 Å². The SMILES string of the molecule is O=C(Cc1ccc(O)cc1)Nc1nc2c(nc1Cc1ccccc1)-c1ccc(F)cc1CC2. The van der Waals surface area contributed by atoms with Gasteiger partial charge in [-0.2, -0.15) is 0 Å². The lowest BCUT2D eigenvalue weighted by Crippen LogP contribution is -2.20. The van der Waals surface area contributed by atoms with E-state index in [0.29, 0.717) is 30.8 Å². The van der Waals surface area contributed by atoms with E-state index in [9.17, 15) is 14.3 Å². The Morgan fingerprint density at radius 1 is 0.939 bits per heavy atom. The van der Waals surface area contributed by atoms with Crippen LogP contribution in [-0.2, 0) is 30.5 Å². The van der Waals surface area contributed by atoms with Crippen LogP contribution in [0.25, 0.3) is 11.3 Å². The molecule has 0 atom stereocenters. The second-order valence-corrected chi connectivity index (χ2v) is 8.17. The summed E-state index contributed by atoms with van der Waals surface area (Å²) < 4.78 is 13.7. The summed E-state index contributed by atoms with van der Waals surface area (Å²) in [6, 6.07) is 21.2. The zero-order valence-corrected chi connectivity index (χ0v) is 17.9. The van der Waals surface area contributed by atoms with Gasteiger partial charge in [-0.1, -0.05) is 42.5 Å². The lowest BCUT2D eigenvalue weighted by molar-refractivity contribution is -0.115. The van der Waals surface area contributed by atoms with Gasteiger partial charge in [0.15, 0.2) is 5.82 Å². The molecule has 6 heteroatoms. The minimum atomic E-state index is -0.257. The van der Waals surface area contributed by atoms with Crippen molar-refractivity contribution >= 4 is 11.7 Å². The molecule has 4 aromatic rings. The average molecular weight is 439 g/mol. The molecule has 1 heterocycles. The fourth-order valence-corrected chi connectivity index (χ4v) is 4.14. The fourth-order valence-electron chi connectivity index (χ4n) is 4.14. The van der Waals surface area contributed by atoms with E-state index in [-0.39, 0.29) is 23.9 Å². The predicted octanol–water partition coefficient (Wildman–Crippen LogP) is 4.86. The molecule has 1 amide bonds. The smallest absolute Gasteiger partial charge is 0.229 e. The maximum absolute atomic E-state index is 13.7. The van der Waals surface area contributed by atoms with Crippen LogP contribution in [0, 0.1) is 5.82 Å². The third kappa shape index (κ3) is 4.60. The van der Waals surface area contributed by atoms with Crippen LogP contribution >= 0.6 is 0 Å². The highest BCUT2D eigenvalue weighted by Gasteiger charge is 2.23. The number of benzene rings is 3. The number of nitrogens with one attached hydrogen (secondary N) is 1. The number of hydrogen-bond acceptors (Lipinski definition) is 4. The Morgan fingerprint density at radius 2 is 1.73 bits per heavy atom. The topological polar surface area (TPSA) is 75.1 Å². The van der Waals surface area contributed by atoms with Crippen molar-refractivity contribution in [3.05, 3.63) is 107 Å². The molecule has 3 aromatic carbocycles. The van der Waals surface area contributed by atoms with Gasteiger partial charge in [0.05, 0.1) is 23.5 Å². The lowest BCUT2D eigenvalue weighted by Gasteiger charge is -2.21. The molecule has 5 rings (SSSR count). The molecule has 0 bridgehead atoms. The van der Waals surface area contributed by atoms with Crippen LogP contribution in [0.5, 0.6) is 5.75 Å². The number of carbonyl (C=O) groups excluding carboxylic acids is 1. The minimum Gasteiger partial charge on any atom is -0.508 e. The monoisotopic (exact) mass is 439 g/mol. The molecule has 164 valence electrons. The molecule has 2 N–H and O–H groups in total. The molecule has 0 spiro atoms. The molecule has 0 radical (unpaired) electrons. The number of hydrogen-bond donors (Lipinski definition) is 2. The number of aromatic hydroxyl groups is 1. The van der Waals surface area contributed by atoms with Crippen LogP contribution in [0.4, 0.5) is 10.2 Å². The molecular weight excluding hydrogens is 417 g/mol. The second kappa shape index (κ2) is 8.82. The van der Waals surface area contributed by atoms with E-state index in [1.54, 1.807) is 36.4 Å². The summed E-state index contributed by atoms with van der Waals surface area (Å²) in [7, 11) is 0. The number of aryl methyl sites for hydroxylation is 2. The summed E-state index contributed by atoms with van der Waals surface area (Å²) in [5, 5.41) is 12.4. The Balaban J connectivity index is 1.50. The molecular formula is C27H22FN3O2. The summed E-state index contributed by atoms with van der Waals surface area (Å²) in [6.45, 7) is 0. The first kappa shape index (κ1) is 20.8. The van der Waals surface area contributed by atoms with Gasteiger partial charge in [-0.05, 0) is 59.9 Å². The van der Waals surface area contributed by atoms with Crippen molar-refractivity contribution in [3.8, 4) is 17.0 Å². The van der Waals surface area contributed by atoms with E-state index >= 15 is 0 Å². The van der Waals surface area contributed by atoms with Crippen molar-refractivity contribution in [1.29, 1.82) is 0 Å². The third-order valence-electron chi connectivity index (χ3n) is 5.77. The summed E-state index contributed by atoms with van der Waals surface area (Å²) in [6.07, 6.45) is 1.97. The summed E-state index contributed by atoms with van der Waals surface area (Å²) in [4.78, 5) is 22.5. The molecule has 1 aliphatic carbocycles. The number of phenolic OH excluding ortho intramolecular Hbond substituents is 1. The zero-order chi connectivity index (χ0) is 22.8. The lowest BCUT2D eigenvalue weighted by atomic mass is 9.91. The number of aromatic nitrogens is 2. The molecule has 0 fully saturated rings. The van der Waals surface area contributed by atoms with Crippen LogP contribution in [0.15, 0.2) is 72.8 Å². The Hall–Kier alpha value is -4.06. The van der Waals surface area contributed by atoms with Crippen LogP contribution in [0.2, 0.25) is 0 Å². The second-order valence-electron chi connectivity index (χ2n) is 8.17. The standard InChI is InChI=1S/C27H22FN3O2/c28-20-9-12-22-19(16-20)8-13-23-26(22)29-24(14-17-4-2-1-3-5-17)27(30-23)31-25(33)15-18-6-10-21(32)11-7-18/h1-7,9-12,16,32H,8,13-15H2,(H,30,31,33). The molecule has 0 unspecified atom stereocenters. The van der Waals surface area contributed by atoms with Crippen molar-refractivity contribution in [2.75, 3.05) is 5.32 Å². The van der Waals surface area contributed by atoms with E-state index in [0.717, 1.165) is 33.6 Å². The number of anilines is 1. The predicted molar refractivity (Wildman–Crippen MR) is 125 cm³/mol. The molecule has 1 aliphatic rings. The van der Waals surface area contributed by atoms with Gasteiger partial charge in [0, 0.05) is 12.0 Å². The molecule has 0 saturated carbocycles. The van der Waals surface area contributed by atoms with Gasteiger partial charge in [0.1, 0.15) is 11.6 Å². The minimum absolute atomic E-state index is 0.157.